The first-order chi connectivity index (χ1) is 7.11. The van der Waals surface area contributed by atoms with Gasteiger partial charge >= 0.3 is 0 Å². The second-order valence-electron chi connectivity index (χ2n) is 4.54. The molecule has 0 aliphatic rings. The quantitative estimate of drug-likeness (QED) is 0.718. The average Bonchev–Trinajstić information content (AvgIpc) is 2.30. The molecule has 0 saturated heterocycles. The van der Waals surface area contributed by atoms with Gasteiger partial charge in [0.2, 0.25) is 0 Å². The summed E-state index contributed by atoms with van der Waals surface area (Å²) in [7, 11) is 0. The predicted octanol–water partition coefficient (Wildman–Crippen LogP) is 4.12. The first kappa shape index (κ1) is 11.8. The fourth-order valence-corrected chi connectivity index (χ4v) is 1.84. The lowest BCUT2D eigenvalue weighted by Crippen LogP contribution is -2.15. The molecule has 1 rings (SSSR count). The van der Waals surface area contributed by atoms with Gasteiger partial charge in [0.15, 0.2) is 0 Å². The molecule has 0 radical (unpaired) electrons. The molecule has 0 heterocycles. The topological polar surface area (TPSA) is 23.8 Å². The Bertz CT molecular complexity index is 336. The van der Waals surface area contributed by atoms with Gasteiger partial charge in [-0.1, -0.05) is 44.2 Å². The van der Waals surface area contributed by atoms with Gasteiger partial charge in [0.05, 0.1) is 11.5 Å². The minimum atomic E-state index is -0.185. The van der Waals surface area contributed by atoms with Gasteiger partial charge in [0.1, 0.15) is 0 Å². The molecule has 0 aromatic heterocycles. The predicted molar refractivity (Wildman–Crippen MR) is 63.5 cm³/mol. The first-order valence-corrected chi connectivity index (χ1v) is 5.57. The Hall–Kier alpha value is -1.29. The molecular weight excluding hydrogens is 182 g/mol. The average molecular weight is 201 g/mol. The molecule has 1 aromatic carbocycles. The number of rotatable bonds is 4. The van der Waals surface area contributed by atoms with Crippen molar-refractivity contribution < 1.29 is 0 Å². The molecule has 1 heteroatoms. The maximum absolute atomic E-state index is 9.13. The smallest absolute Gasteiger partial charge is 0.0686 e. The second-order valence-corrected chi connectivity index (χ2v) is 4.54. The maximum atomic E-state index is 9.13. The van der Waals surface area contributed by atoms with Crippen LogP contribution >= 0.6 is 0 Å². The Morgan fingerprint density at radius 3 is 2.40 bits per heavy atom. The minimum Gasteiger partial charge on any atom is -0.198 e. The van der Waals surface area contributed by atoms with Crippen LogP contribution in [0.15, 0.2) is 30.3 Å². The molecular formula is C14H19N. The molecule has 0 spiro atoms. The van der Waals surface area contributed by atoms with Crippen LogP contribution < -0.4 is 0 Å². The van der Waals surface area contributed by atoms with E-state index >= 15 is 0 Å². The largest absolute Gasteiger partial charge is 0.198 e. The van der Waals surface area contributed by atoms with Gasteiger partial charge in [0.25, 0.3) is 0 Å². The highest BCUT2D eigenvalue weighted by atomic mass is 14.4. The summed E-state index contributed by atoms with van der Waals surface area (Å²) >= 11 is 0. The number of benzene rings is 1. The van der Waals surface area contributed by atoms with E-state index in [0.717, 1.165) is 12.8 Å². The van der Waals surface area contributed by atoms with Gasteiger partial charge in [-0.25, -0.2) is 0 Å². The third-order valence-electron chi connectivity index (χ3n) is 3.18. The van der Waals surface area contributed by atoms with Gasteiger partial charge in [-0.3, -0.25) is 0 Å². The zero-order chi connectivity index (χ0) is 11.3. The molecule has 80 valence electrons. The van der Waals surface area contributed by atoms with E-state index in [2.05, 4.69) is 44.2 Å². The van der Waals surface area contributed by atoms with Crippen molar-refractivity contribution in [1.29, 1.82) is 5.26 Å². The van der Waals surface area contributed by atoms with Gasteiger partial charge in [-0.2, -0.15) is 5.26 Å². The number of hydrogen-bond acceptors (Lipinski definition) is 1. The highest BCUT2D eigenvalue weighted by Gasteiger charge is 2.24. The summed E-state index contributed by atoms with van der Waals surface area (Å²) in [5, 5.41) is 9.13. The van der Waals surface area contributed by atoms with E-state index in [4.69, 9.17) is 5.26 Å². The van der Waals surface area contributed by atoms with E-state index < -0.39 is 0 Å². The molecule has 0 saturated carbocycles. The van der Waals surface area contributed by atoms with Crippen LogP contribution in [0, 0.1) is 16.7 Å². The van der Waals surface area contributed by atoms with Crippen LogP contribution in [0.4, 0.5) is 0 Å². The highest BCUT2D eigenvalue weighted by Crippen LogP contribution is 2.33. The van der Waals surface area contributed by atoms with Crippen LogP contribution in [0.5, 0.6) is 0 Å². The van der Waals surface area contributed by atoms with Crippen LogP contribution in [-0.4, -0.2) is 0 Å². The summed E-state index contributed by atoms with van der Waals surface area (Å²) in [6, 6.07) is 12.8. The van der Waals surface area contributed by atoms with Gasteiger partial charge in [-0.05, 0) is 31.2 Å². The Morgan fingerprint density at radius 1 is 1.33 bits per heavy atom. The van der Waals surface area contributed by atoms with E-state index in [9.17, 15) is 0 Å². The summed E-state index contributed by atoms with van der Waals surface area (Å²) < 4.78 is 0. The standard InChI is InChI=1S/C14H19N/c1-4-14(3,11-15)10-12(2)13-8-6-5-7-9-13/h5-9,12H,4,10H2,1-3H3/t12-,14-/m1/s1. The van der Waals surface area contributed by atoms with Crippen molar-refractivity contribution >= 4 is 0 Å². The normalized spacial score (nSPS) is 16.4. The minimum absolute atomic E-state index is 0.185. The third kappa shape index (κ3) is 3.09. The molecule has 2 atom stereocenters. The molecule has 0 amide bonds. The van der Waals surface area contributed by atoms with Crippen LogP contribution in [-0.2, 0) is 0 Å². The summed E-state index contributed by atoms with van der Waals surface area (Å²) in [4.78, 5) is 0. The zero-order valence-electron chi connectivity index (χ0n) is 9.83. The summed E-state index contributed by atoms with van der Waals surface area (Å²) in [5.74, 6) is 0.454. The van der Waals surface area contributed by atoms with E-state index in [1.54, 1.807) is 0 Å². The summed E-state index contributed by atoms with van der Waals surface area (Å²) in [6.45, 7) is 6.33. The van der Waals surface area contributed by atoms with E-state index in [1.807, 2.05) is 13.0 Å². The second kappa shape index (κ2) is 4.98. The van der Waals surface area contributed by atoms with Crippen molar-refractivity contribution in [3.05, 3.63) is 35.9 Å². The lowest BCUT2D eigenvalue weighted by molar-refractivity contribution is 0.361. The summed E-state index contributed by atoms with van der Waals surface area (Å²) in [5.41, 5.74) is 1.14. The molecule has 0 N–H and O–H groups in total. The van der Waals surface area contributed by atoms with Crippen LogP contribution in [0.3, 0.4) is 0 Å². The number of hydrogen-bond donors (Lipinski definition) is 0. The number of nitrogens with zero attached hydrogens (tertiary/aromatic N) is 1. The van der Waals surface area contributed by atoms with Gasteiger partial charge < -0.3 is 0 Å². The molecule has 0 unspecified atom stereocenters. The zero-order valence-corrected chi connectivity index (χ0v) is 9.83. The van der Waals surface area contributed by atoms with Crippen molar-refractivity contribution in [2.24, 2.45) is 5.41 Å². The van der Waals surface area contributed by atoms with Crippen LogP contribution in [0.1, 0.15) is 45.1 Å². The molecule has 0 aliphatic heterocycles. The fourth-order valence-electron chi connectivity index (χ4n) is 1.84. The van der Waals surface area contributed by atoms with Crippen molar-refractivity contribution in [3.8, 4) is 6.07 Å². The van der Waals surface area contributed by atoms with Crippen LogP contribution in [0.25, 0.3) is 0 Å². The lowest BCUT2D eigenvalue weighted by Gasteiger charge is -2.23. The molecule has 0 bridgehead atoms. The molecule has 1 nitrogen and oxygen atoms in total. The van der Waals surface area contributed by atoms with Crippen molar-refractivity contribution in [2.45, 2.75) is 39.5 Å². The Labute approximate surface area is 92.7 Å². The molecule has 0 fully saturated rings. The molecule has 0 aliphatic carbocycles. The Balaban J connectivity index is 2.72. The highest BCUT2D eigenvalue weighted by molar-refractivity contribution is 5.19. The van der Waals surface area contributed by atoms with Gasteiger partial charge in [0, 0.05) is 0 Å². The maximum Gasteiger partial charge on any atom is 0.0686 e. The first-order valence-electron chi connectivity index (χ1n) is 5.57. The lowest BCUT2D eigenvalue weighted by atomic mass is 9.78. The monoisotopic (exact) mass is 201 g/mol. The van der Waals surface area contributed by atoms with E-state index in [1.165, 1.54) is 5.56 Å². The molecule has 15 heavy (non-hydrogen) atoms. The molecule has 1 aromatic rings. The SMILES string of the molecule is CC[C@@](C)(C#N)C[C@@H](C)c1ccccc1. The Kier molecular flexibility index (Phi) is 3.91. The van der Waals surface area contributed by atoms with Gasteiger partial charge in [-0.15, -0.1) is 0 Å². The van der Waals surface area contributed by atoms with Crippen molar-refractivity contribution in [3.63, 3.8) is 0 Å². The number of nitriles is 1. The fraction of sp³-hybridized carbons (Fsp3) is 0.500. The third-order valence-corrected chi connectivity index (χ3v) is 3.18. The summed E-state index contributed by atoms with van der Waals surface area (Å²) in [6.07, 6.45) is 1.85. The van der Waals surface area contributed by atoms with E-state index in [0.29, 0.717) is 5.92 Å². The van der Waals surface area contributed by atoms with Crippen molar-refractivity contribution in [2.75, 3.05) is 0 Å². The van der Waals surface area contributed by atoms with Crippen molar-refractivity contribution in [1.82, 2.24) is 0 Å². The van der Waals surface area contributed by atoms with Crippen LogP contribution in [0.2, 0.25) is 0 Å². The Morgan fingerprint density at radius 2 is 1.93 bits per heavy atom. The van der Waals surface area contributed by atoms with E-state index in [-0.39, 0.29) is 5.41 Å².